The number of aromatic nitrogens is 1. The van der Waals surface area contributed by atoms with Gasteiger partial charge in [0.25, 0.3) is 0 Å². The van der Waals surface area contributed by atoms with E-state index in [9.17, 15) is 8.42 Å². The van der Waals surface area contributed by atoms with Gasteiger partial charge < -0.3 is 4.57 Å². The Kier molecular flexibility index (Phi) is 5.53. The Morgan fingerprint density at radius 1 is 0.889 bits per heavy atom. The van der Waals surface area contributed by atoms with E-state index in [2.05, 4.69) is 34.4 Å². The number of aryl methyl sites for hydroxylation is 4. The summed E-state index contributed by atoms with van der Waals surface area (Å²) in [7, 11) is -3.57. The van der Waals surface area contributed by atoms with Crippen LogP contribution >= 0.6 is 0 Å². The number of hydrogen-bond acceptors (Lipinski definition) is 2. The van der Waals surface area contributed by atoms with Crippen LogP contribution in [0.3, 0.4) is 0 Å². The van der Waals surface area contributed by atoms with Crippen molar-refractivity contribution in [1.82, 2.24) is 9.29 Å². The molecule has 1 heterocycles. The van der Waals surface area contributed by atoms with Crippen molar-refractivity contribution in [3.8, 4) is 0 Å². The molecular weight excluding hydrogens is 356 g/mol. The summed E-state index contributed by atoms with van der Waals surface area (Å²) >= 11 is 0. The minimum Gasteiger partial charge on any atom is -0.346 e. The first-order valence-corrected chi connectivity index (χ1v) is 10.5. The Labute approximate surface area is 161 Å². The third-order valence-electron chi connectivity index (χ3n) is 4.68. The molecule has 5 heteroatoms. The van der Waals surface area contributed by atoms with E-state index in [-0.39, 0.29) is 6.54 Å². The average molecular weight is 383 g/mol. The standard InChI is InChI=1S/C22H26N2O2S/c1-16-7-5-8-20(13-16)15-24-10-6-9-21(24)14-23-27(25,26)22-18(3)11-17(2)12-19(22)4/h5-13,23H,14-15H2,1-4H3. The molecule has 142 valence electrons. The summed E-state index contributed by atoms with van der Waals surface area (Å²) in [6.45, 7) is 8.70. The summed E-state index contributed by atoms with van der Waals surface area (Å²) in [6.07, 6.45) is 1.98. The van der Waals surface area contributed by atoms with Crippen molar-refractivity contribution in [3.05, 3.63) is 88.2 Å². The van der Waals surface area contributed by atoms with Crippen LogP contribution in [-0.2, 0) is 23.1 Å². The van der Waals surface area contributed by atoms with Gasteiger partial charge in [-0.3, -0.25) is 0 Å². The van der Waals surface area contributed by atoms with Crippen LogP contribution in [0.25, 0.3) is 0 Å². The van der Waals surface area contributed by atoms with Crippen molar-refractivity contribution < 1.29 is 8.42 Å². The third-order valence-corrected chi connectivity index (χ3v) is 6.38. The minimum absolute atomic E-state index is 0.258. The van der Waals surface area contributed by atoms with Gasteiger partial charge in [-0.05, 0) is 56.5 Å². The zero-order chi connectivity index (χ0) is 19.6. The molecule has 0 bridgehead atoms. The Morgan fingerprint density at radius 3 is 2.26 bits per heavy atom. The van der Waals surface area contributed by atoms with Crippen LogP contribution in [0.4, 0.5) is 0 Å². The maximum Gasteiger partial charge on any atom is 0.241 e. The molecule has 0 aliphatic rings. The maximum atomic E-state index is 12.9. The highest BCUT2D eigenvalue weighted by Gasteiger charge is 2.20. The van der Waals surface area contributed by atoms with Crippen LogP contribution in [0.1, 0.15) is 33.5 Å². The lowest BCUT2D eigenvalue weighted by atomic mass is 10.1. The monoisotopic (exact) mass is 382 g/mol. The second kappa shape index (κ2) is 7.71. The molecule has 0 aliphatic heterocycles. The maximum absolute atomic E-state index is 12.9. The number of hydrogen-bond donors (Lipinski definition) is 1. The van der Waals surface area contributed by atoms with Gasteiger partial charge in [0, 0.05) is 18.4 Å². The number of benzene rings is 2. The quantitative estimate of drug-likeness (QED) is 0.693. The van der Waals surface area contributed by atoms with Crippen molar-refractivity contribution in [2.75, 3.05) is 0 Å². The summed E-state index contributed by atoms with van der Waals surface area (Å²) in [6, 6.07) is 16.0. The molecule has 0 aliphatic carbocycles. The van der Waals surface area contributed by atoms with Crippen LogP contribution < -0.4 is 4.72 Å². The van der Waals surface area contributed by atoms with Crippen molar-refractivity contribution in [2.24, 2.45) is 0 Å². The topological polar surface area (TPSA) is 51.1 Å². The van der Waals surface area contributed by atoms with Gasteiger partial charge in [-0.15, -0.1) is 0 Å². The van der Waals surface area contributed by atoms with Crippen LogP contribution in [-0.4, -0.2) is 13.0 Å². The van der Waals surface area contributed by atoms with Gasteiger partial charge in [0.15, 0.2) is 0 Å². The minimum atomic E-state index is -3.57. The lowest BCUT2D eigenvalue weighted by molar-refractivity contribution is 0.576. The highest BCUT2D eigenvalue weighted by Crippen LogP contribution is 2.22. The van der Waals surface area contributed by atoms with Crippen molar-refractivity contribution in [2.45, 2.75) is 45.7 Å². The predicted octanol–water partition coefficient (Wildman–Crippen LogP) is 4.25. The van der Waals surface area contributed by atoms with Crippen molar-refractivity contribution in [1.29, 1.82) is 0 Å². The molecule has 4 nitrogen and oxygen atoms in total. The zero-order valence-corrected chi connectivity index (χ0v) is 17.1. The van der Waals surface area contributed by atoms with Crippen molar-refractivity contribution in [3.63, 3.8) is 0 Å². The fourth-order valence-electron chi connectivity index (χ4n) is 3.60. The molecule has 1 N–H and O–H groups in total. The molecule has 3 rings (SSSR count). The van der Waals surface area contributed by atoms with E-state index >= 15 is 0 Å². The first-order valence-electron chi connectivity index (χ1n) is 9.03. The lowest BCUT2D eigenvalue weighted by Crippen LogP contribution is -2.26. The van der Waals surface area contributed by atoms with Crippen molar-refractivity contribution >= 4 is 10.0 Å². The van der Waals surface area contributed by atoms with E-state index < -0.39 is 10.0 Å². The average Bonchev–Trinajstić information content (AvgIpc) is 2.99. The van der Waals surface area contributed by atoms with E-state index in [0.29, 0.717) is 11.4 Å². The zero-order valence-electron chi connectivity index (χ0n) is 16.3. The van der Waals surface area contributed by atoms with Gasteiger partial charge >= 0.3 is 0 Å². The molecule has 27 heavy (non-hydrogen) atoms. The molecule has 3 aromatic rings. The molecule has 1 aromatic heterocycles. The number of nitrogens with one attached hydrogen (secondary N) is 1. The Hall–Kier alpha value is -2.37. The van der Waals surface area contributed by atoms with Gasteiger partial charge in [-0.1, -0.05) is 47.5 Å². The molecule has 2 aromatic carbocycles. The van der Waals surface area contributed by atoms with E-state index in [1.54, 1.807) is 0 Å². The molecule has 0 saturated carbocycles. The number of nitrogens with zero attached hydrogens (tertiary/aromatic N) is 1. The highest BCUT2D eigenvalue weighted by atomic mass is 32.2. The number of rotatable bonds is 6. The van der Waals surface area contributed by atoms with Gasteiger partial charge in [0.2, 0.25) is 10.0 Å². The van der Waals surface area contributed by atoms with E-state index in [4.69, 9.17) is 0 Å². The summed E-state index contributed by atoms with van der Waals surface area (Å²) in [5.74, 6) is 0. The summed E-state index contributed by atoms with van der Waals surface area (Å²) in [5, 5.41) is 0. The van der Waals surface area contributed by atoms with Crippen LogP contribution in [0, 0.1) is 27.7 Å². The molecule has 0 spiro atoms. The SMILES string of the molecule is Cc1cccc(Cn2cccc2CNS(=O)(=O)c2c(C)cc(C)cc2C)c1. The fraction of sp³-hybridized carbons (Fsp3) is 0.273. The molecule has 0 saturated heterocycles. The third kappa shape index (κ3) is 4.49. The van der Waals surface area contributed by atoms with E-state index in [1.807, 2.05) is 57.3 Å². The van der Waals surface area contributed by atoms with E-state index in [0.717, 1.165) is 22.4 Å². The Morgan fingerprint density at radius 2 is 1.59 bits per heavy atom. The second-order valence-corrected chi connectivity index (χ2v) is 8.87. The molecular formula is C22H26N2O2S. The number of sulfonamides is 1. The Balaban J connectivity index is 1.79. The smallest absolute Gasteiger partial charge is 0.241 e. The summed E-state index contributed by atoms with van der Waals surface area (Å²) in [4.78, 5) is 0.380. The van der Waals surface area contributed by atoms with Gasteiger partial charge in [0.05, 0.1) is 11.4 Å². The molecule has 0 radical (unpaired) electrons. The van der Waals surface area contributed by atoms with E-state index in [1.165, 1.54) is 11.1 Å². The largest absolute Gasteiger partial charge is 0.346 e. The normalized spacial score (nSPS) is 11.7. The Bertz CT molecular complexity index is 1040. The fourth-order valence-corrected chi connectivity index (χ4v) is 5.05. The predicted molar refractivity (Wildman–Crippen MR) is 109 cm³/mol. The highest BCUT2D eigenvalue weighted by molar-refractivity contribution is 7.89. The van der Waals surface area contributed by atoms with Gasteiger partial charge in [-0.2, -0.15) is 0 Å². The first kappa shape index (κ1) is 19.4. The molecule has 0 fully saturated rings. The van der Waals surface area contributed by atoms with Gasteiger partial charge in [0.1, 0.15) is 0 Å². The lowest BCUT2D eigenvalue weighted by Gasteiger charge is -2.14. The summed E-state index contributed by atoms with van der Waals surface area (Å²) in [5.41, 5.74) is 5.96. The van der Waals surface area contributed by atoms with Crippen LogP contribution in [0.2, 0.25) is 0 Å². The molecule has 0 atom stereocenters. The second-order valence-electron chi connectivity index (χ2n) is 7.17. The van der Waals surface area contributed by atoms with Gasteiger partial charge in [-0.25, -0.2) is 13.1 Å². The first-order chi connectivity index (χ1) is 12.8. The summed E-state index contributed by atoms with van der Waals surface area (Å²) < 4.78 is 30.6. The van der Waals surface area contributed by atoms with Crippen LogP contribution in [0.5, 0.6) is 0 Å². The van der Waals surface area contributed by atoms with Crippen LogP contribution in [0.15, 0.2) is 59.6 Å². The molecule has 0 amide bonds. The molecule has 0 unspecified atom stereocenters.